The van der Waals surface area contributed by atoms with Gasteiger partial charge in [-0.1, -0.05) is 82.1 Å². The predicted octanol–water partition coefficient (Wildman–Crippen LogP) is 10.8. The summed E-state index contributed by atoms with van der Waals surface area (Å²) in [7, 11) is 0. The number of rotatable bonds is 6. The standard InChI is InChI=1S/C43H33N5O2S2/c1-24-5-13-29(14-6-24)47(30-15-7-25(2)8-16-30)42-45-33-21-28(22-35(33)51-42)37-39(49)38(40(37)50)34-23-36-41(44-34)46-43(52-36)48(31-17-9-26(3)10-18-31)32-19-11-27(4)12-20-32/h5-20,22-23H,21H2,1-4H3,(H,49,50)/p+1. The number of benzene rings is 4. The van der Waals surface area contributed by atoms with E-state index in [-0.39, 0.29) is 11.5 Å². The van der Waals surface area contributed by atoms with Crippen molar-refractivity contribution in [2.75, 3.05) is 4.90 Å². The predicted molar refractivity (Wildman–Crippen MR) is 216 cm³/mol. The number of Topliss-reactive ketones (excluding diaryl/α,β-unsaturated/α-hetero) is 1. The molecule has 2 aliphatic carbocycles. The minimum absolute atomic E-state index is 0.0163. The number of aromatic amines is 1. The summed E-state index contributed by atoms with van der Waals surface area (Å²) in [4.78, 5) is 30.1. The average Bonchev–Trinajstić information content (AvgIpc) is 3.89. The van der Waals surface area contributed by atoms with Crippen LogP contribution in [-0.2, 0) is 4.79 Å². The Morgan fingerprint density at radius 1 is 0.750 bits per heavy atom. The summed E-state index contributed by atoms with van der Waals surface area (Å²) in [5.74, 6) is -0.155. The van der Waals surface area contributed by atoms with E-state index in [1.165, 1.54) is 33.6 Å². The maximum absolute atomic E-state index is 13.7. The van der Waals surface area contributed by atoms with Crippen LogP contribution in [0.2, 0.25) is 0 Å². The van der Waals surface area contributed by atoms with Crippen molar-refractivity contribution in [2.24, 2.45) is 4.99 Å². The zero-order valence-corrected chi connectivity index (χ0v) is 30.7. The van der Waals surface area contributed by atoms with Gasteiger partial charge in [0.15, 0.2) is 16.5 Å². The van der Waals surface area contributed by atoms with Crippen molar-refractivity contribution in [3.63, 3.8) is 0 Å². The van der Waals surface area contributed by atoms with Gasteiger partial charge in [-0.25, -0.2) is 4.98 Å². The van der Waals surface area contributed by atoms with E-state index in [0.29, 0.717) is 28.9 Å². The molecular weight excluding hydrogens is 683 g/mol. The molecule has 0 unspecified atom stereocenters. The molecule has 0 atom stereocenters. The number of aliphatic imine (C=N–C) groups is 1. The average molecular weight is 717 g/mol. The van der Waals surface area contributed by atoms with Crippen LogP contribution < -0.4 is 9.48 Å². The van der Waals surface area contributed by atoms with Crippen molar-refractivity contribution in [2.45, 2.75) is 34.1 Å². The fourth-order valence-corrected chi connectivity index (χ4v) is 8.83. The van der Waals surface area contributed by atoms with Crippen LogP contribution in [0.4, 0.5) is 27.9 Å². The zero-order valence-electron chi connectivity index (χ0n) is 29.1. The van der Waals surface area contributed by atoms with Crippen molar-refractivity contribution in [1.29, 1.82) is 0 Å². The number of hydrogen-bond donors (Lipinski definition) is 2. The molecule has 0 saturated carbocycles. The second-order valence-corrected chi connectivity index (χ2v) is 15.5. The molecular formula is C43H34N5O2S2+. The van der Waals surface area contributed by atoms with Crippen molar-refractivity contribution in [3.05, 3.63) is 159 Å². The summed E-state index contributed by atoms with van der Waals surface area (Å²) in [6, 6.07) is 35.6. The quantitative estimate of drug-likeness (QED) is 0.132. The molecule has 9 heteroatoms. The van der Waals surface area contributed by atoms with Gasteiger partial charge in [0.2, 0.25) is 5.78 Å². The molecule has 0 radical (unpaired) electrons. The van der Waals surface area contributed by atoms with Gasteiger partial charge in [0.05, 0.1) is 26.4 Å². The number of aliphatic hydroxyl groups excluding tert-OH is 1. The normalized spacial score (nSPS) is 16.7. The molecule has 2 N–H and O–H groups in total. The Balaban J connectivity index is 1.01. The van der Waals surface area contributed by atoms with Crippen molar-refractivity contribution >= 4 is 83.6 Å². The third-order valence-corrected chi connectivity index (χ3v) is 11.6. The van der Waals surface area contributed by atoms with Crippen molar-refractivity contribution < 1.29 is 9.90 Å². The number of amidine groups is 1. The molecule has 2 aromatic heterocycles. The fourth-order valence-electron chi connectivity index (χ4n) is 6.73. The third-order valence-electron chi connectivity index (χ3n) is 9.62. The van der Waals surface area contributed by atoms with Crippen LogP contribution in [0.15, 0.2) is 136 Å². The summed E-state index contributed by atoms with van der Waals surface area (Å²) in [5, 5.41) is 13.0. The van der Waals surface area contributed by atoms with Gasteiger partial charge in [-0.2, -0.15) is 4.58 Å². The number of aromatic nitrogens is 2. The minimum Gasteiger partial charge on any atom is -0.506 e. The highest BCUT2D eigenvalue weighted by Gasteiger charge is 2.43. The largest absolute Gasteiger partial charge is 0.506 e. The van der Waals surface area contributed by atoms with Crippen LogP contribution in [0, 0.1) is 27.7 Å². The van der Waals surface area contributed by atoms with Gasteiger partial charge >= 0.3 is 5.17 Å². The highest BCUT2D eigenvalue weighted by molar-refractivity contribution is 8.18. The number of fused-ring (bicyclic) bond motifs is 2. The van der Waals surface area contributed by atoms with E-state index in [1.807, 2.05) is 12.1 Å². The van der Waals surface area contributed by atoms with E-state index < -0.39 is 0 Å². The molecule has 254 valence electrons. The molecule has 0 amide bonds. The summed E-state index contributed by atoms with van der Waals surface area (Å²) in [6.45, 7) is 8.31. The number of hydrogen-bond acceptors (Lipinski definition) is 6. The highest BCUT2D eigenvalue weighted by atomic mass is 32.2. The summed E-state index contributed by atoms with van der Waals surface area (Å²) >= 11 is 3.13. The van der Waals surface area contributed by atoms with Crippen LogP contribution in [0.1, 0.15) is 34.4 Å². The summed E-state index contributed by atoms with van der Waals surface area (Å²) < 4.78 is 3.07. The van der Waals surface area contributed by atoms with Crippen LogP contribution in [0.5, 0.6) is 0 Å². The maximum atomic E-state index is 13.7. The molecule has 0 spiro atoms. The Morgan fingerprint density at radius 3 is 1.79 bits per heavy atom. The highest BCUT2D eigenvalue weighted by Crippen LogP contribution is 2.46. The number of anilines is 3. The molecule has 52 heavy (non-hydrogen) atoms. The molecule has 0 bridgehead atoms. The van der Waals surface area contributed by atoms with Crippen molar-refractivity contribution in [1.82, 2.24) is 14.5 Å². The van der Waals surface area contributed by atoms with Crippen LogP contribution in [-0.4, -0.2) is 31.7 Å². The Morgan fingerprint density at radius 2 is 1.29 bits per heavy atom. The van der Waals surface area contributed by atoms with Gasteiger partial charge in [0, 0.05) is 29.6 Å². The number of H-pyrrole nitrogens is 1. The lowest BCUT2D eigenvalue weighted by molar-refractivity contribution is -0.111. The van der Waals surface area contributed by atoms with E-state index >= 15 is 0 Å². The summed E-state index contributed by atoms with van der Waals surface area (Å²) in [6.07, 6.45) is 2.49. The molecule has 6 aromatic rings. The van der Waals surface area contributed by atoms with E-state index in [4.69, 9.17) is 9.98 Å². The molecule has 3 heterocycles. The fraction of sp³-hybridized carbons (Fsp3) is 0.116. The Kier molecular flexibility index (Phi) is 7.71. The smallest absolute Gasteiger partial charge is 0.370 e. The number of allylic oxidation sites excluding steroid dienone is 5. The SMILES string of the molecule is Cc1ccc(N(c2ccc(C)cc2)c2nc3[nH]c(C4=C(O)C(=C5C=C6SC(=[N+](c7ccc(C)cc7)c7ccc(C)cc7)N=C6C5)C4=O)cc3s2)cc1. The monoisotopic (exact) mass is 716 g/mol. The molecule has 7 nitrogen and oxygen atoms in total. The van der Waals surface area contributed by atoms with Gasteiger partial charge in [0.25, 0.3) is 0 Å². The molecule has 0 saturated heterocycles. The van der Waals surface area contributed by atoms with Crippen LogP contribution in [0.3, 0.4) is 0 Å². The summed E-state index contributed by atoms with van der Waals surface area (Å²) in [5.41, 5.74) is 12.5. The first-order chi connectivity index (χ1) is 25.2. The first kappa shape index (κ1) is 32.2. The van der Waals surface area contributed by atoms with Gasteiger partial charge in [-0.15, -0.1) is 0 Å². The maximum Gasteiger partial charge on any atom is 0.370 e. The third kappa shape index (κ3) is 5.53. The van der Waals surface area contributed by atoms with Crippen LogP contribution >= 0.6 is 23.1 Å². The molecule has 0 fully saturated rings. The number of thiazole rings is 1. The minimum atomic E-state index is -0.171. The van der Waals surface area contributed by atoms with E-state index in [9.17, 15) is 9.90 Å². The number of carbonyl (C=O) groups excluding carboxylic acids is 1. The number of ketones is 1. The number of nitrogens with zero attached hydrogens (tertiary/aromatic N) is 4. The Hall–Kier alpha value is -5.77. The number of aliphatic hydroxyl groups is 1. The van der Waals surface area contributed by atoms with Gasteiger partial charge in [-0.05, 0) is 98.9 Å². The van der Waals surface area contributed by atoms with Gasteiger partial charge < -0.3 is 10.1 Å². The van der Waals surface area contributed by atoms with Crippen LogP contribution in [0.25, 0.3) is 15.9 Å². The Bertz CT molecular complexity index is 2480. The number of carbonyl (C=O) groups is 1. The molecule has 9 rings (SSSR count). The lowest BCUT2D eigenvalue weighted by Crippen LogP contribution is -2.23. The number of thioether (sulfide) groups is 1. The van der Waals surface area contributed by atoms with Crippen molar-refractivity contribution in [3.8, 4) is 0 Å². The van der Waals surface area contributed by atoms with Gasteiger partial charge in [0.1, 0.15) is 17.1 Å². The lowest BCUT2D eigenvalue weighted by atomic mass is 9.82. The zero-order chi connectivity index (χ0) is 35.7. The second kappa shape index (κ2) is 12.5. The first-order valence-electron chi connectivity index (χ1n) is 17.1. The molecule has 4 aromatic carbocycles. The topological polar surface area (TPSA) is 84.6 Å². The lowest BCUT2D eigenvalue weighted by Gasteiger charge is -2.23. The first-order valence-corrected chi connectivity index (χ1v) is 18.8. The number of nitrogens with one attached hydrogen (secondary N) is 1. The van der Waals surface area contributed by atoms with E-state index in [2.05, 4.69) is 139 Å². The molecule has 3 aliphatic rings. The van der Waals surface area contributed by atoms with E-state index in [1.54, 1.807) is 11.8 Å². The van der Waals surface area contributed by atoms with Gasteiger partial charge in [-0.3, -0.25) is 9.69 Å². The second-order valence-electron chi connectivity index (χ2n) is 13.5. The Labute approximate surface area is 309 Å². The number of aryl methyl sites for hydroxylation is 4. The van der Waals surface area contributed by atoms with E-state index in [0.717, 1.165) is 53.9 Å². The molecule has 1 aliphatic heterocycles.